The molecule has 0 amide bonds. The monoisotopic (exact) mass is 610 g/mol. The predicted octanol–water partition coefficient (Wildman–Crippen LogP) is 10.1. The number of benzene rings is 3. The molecular formula is C38H45FZr. The molecule has 0 saturated carbocycles. The third-order valence-corrected chi connectivity index (χ3v) is 8.31. The van der Waals surface area contributed by atoms with Crippen LogP contribution in [0, 0.1) is 29.8 Å². The number of allylic oxidation sites excluding steroid dienone is 4. The molecule has 1 unspecified atom stereocenters. The number of fused-ring (bicyclic) bond motifs is 3. The van der Waals surface area contributed by atoms with Crippen LogP contribution in [0.1, 0.15) is 97.1 Å². The number of rotatable bonds is 2. The molecule has 3 aromatic rings. The van der Waals surface area contributed by atoms with Crippen LogP contribution in [0.2, 0.25) is 0 Å². The zero-order valence-corrected chi connectivity index (χ0v) is 28.5. The summed E-state index contributed by atoms with van der Waals surface area (Å²) in [5, 5.41) is 0. The van der Waals surface area contributed by atoms with E-state index in [4.69, 9.17) is 0 Å². The Balaban J connectivity index is 0.000000193. The van der Waals surface area contributed by atoms with Crippen molar-refractivity contribution in [1.82, 2.24) is 0 Å². The standard InChI is InChI=1S/C21H25.C10H15.C7H5F.Zr/c1-20(2,3)16-9-7-14-11-15-8-10-17(21(4,5)6)13-19(15)18(14)12-16;1-7(2)10-6-8(3)5-9(10)4;1-6-2-4-7(8)5-3-6;/h7,9-10,12-13H,11H2,1-6H3;6-8H,1-4H3;1-5H;/q2*-1;;+2. The van der Waals surface area contributed by atoms with Gasteiger partial charge in [0.15, 0.2) is 0 Å². The maximum absolute atomic E-state index is 12.2. The Kier molecular flexibility index (Phi) is 10.7. The fourth-order valence-electron chi connectivity index (χ4n) is 5.03. The third-order valence-electron chi connectivity index (χ3n) is 7.49. The molecule has 2 aliphatic carbocycles. The van der Waals surface area contributed by atoms with Crippen molar-refractivity contribution < 1.29 is 28.6 Å². The molecule has 2 heteroatoms. The predicted molar refractivity (Wildman–Crippen MR) is 167 cm³/mol. The van der Waals surface area contributed by atoms with E-state index in [1.165, 1.54) is 80.9 Å². The van der Waals surface area contributed by atoms with E-state index in [0.29, 0.717) is 11.8 Å². The molecular weight excluding hydrogens is 567 g/mol. The van der Waals surface area contributed by atoms with Crippen molar-refractivity contribution in [1.29, 1.82) is 0 Å². The molecule has 0 spiro atoms. The van der Waals surface area contributed by atoms with E-state index in [1.807, 2.05) is 3.71 Å². The van der Waals surface area contributed by atoms with Crippen LogP contribution in [0.4, 0.5) is 4.39 Å². The average molecular weight is 612 g/mol. The van der Waals surface area contributed by atoms with Gasteiger partial charge in [-0.05, 0) is 17.4 Å². The minimum absolute atomic E-state index is 0.170. The van der Waals surface area contributed by atoms with E-state index >= 15 is 0 Å². The Bertz CT molecular complexity index is 1330. The van der Waals surface area contributed by atoms with Crippen molar-refractivity contribution in [3.63, 3.8) is 0 Å². The van der Waals surface area contributed by atoms with Gasteiger partial charge in [-0.15, -0.1) is 5.56 Å². The number of hydrogen-bond donors (Lipinski definition) is 0. The molecule has 5 rings (SSSR count). The second-order valence-electron chi connectivity index (χ2n) is 13.4. The van der Waals surface area contributed by atoms with Crippen molar-refractivity contribution in [2.75, 3.05) is 0 Å². The zero-order valence-electron chi connectivity index (χ0n) is 26.1. The Hall–Kier alpha value is -2.18. The molecule has 0 radical (unpaired) electrons. The molecule has 40 heavy (non-hydrogen) atoms. The molecule has 0 nitrogen and oxygen atoms in total. The van der Waals surface area contributed by atoms with Gasteiger partial charge in [-0.1, -0.05) is 116 Å². The van der Waals surface area contributed by atoms with Gasteiger partial charge in [0.1, 0.15) is 0 Å². The van der Waals surface area contributed by atoms with Gasteiger partial charge in [0, 0.05) is 0 Å². The molecule has 0 aliphatic heterocycles. The number of hydrogen-bond acceptors (Lipinski definition) is 0. The van der Waals surface area contributed by atoms with Crippen molar-refractivity contribution in [2.45, 2.75) is 86.5 Å². The van der Waals surface area contributed by atoms with Gasteiger partial charge in [-0.3, -0.25) is 6.08 Å². The molecule has 0 heterocycles. The van der Waals surface area contributed by atoms with Crippen LogP contribution in [0.15, 0.2) is 71.8 Å². The van der Waals surface area contributed by atoms with Crippen molar-refractivity contribution in [3.8, 4) is 11.1 Å². The van der Waals surface area contributed by atoms with E-state index in [-0.39, 0.29) is 16.6 Å². The summed E-state index contributed by atoms with van der Waals surface area (Å²) >= 11 is 1.34. The van der Waals surface area contributed by atoms with Crippen molar-refractivity contribution >= 4 is 3.71 Å². The minimum atomic E-state index is -0.170. The fraction of sp³-hybridized carbons (Fsp3) is 0.395. The summed E-state index contributed by atoms with van der Waals surface area (Å²) in [6.07, 6.45) is 6.71. The summed E-state index contributed by atoms with van der Waals surface area (Å²) in [7, 11) is 0. The Morgan fingerprint density at radius 3 is 1.98 bits per heavy atom. The van der Waals surface area contributed by atoms with E-state index in [9.17, 15) is 4.39 Å². The summed E-state index contributed by atoms with van der Waals surface area (Å²) in [6, 6.07) is 21.5. The molecule has 0 aromatic heterocycles. The van der Waals surface area contributed by atoms with Gasteiger partial charge in [-0.25, -0.2) is 5.57 Å². The van der Waals surface area contributed by atoms with Gasteiger partial charge < -0.3 is 0 Å². The van der Waals surface area contributed by atoms with E-state index in [2.05, 4.69) is 118 Å². The molecule has 208 valence electrons. The summed E-state index contributed by atoms with van der Waals surface area (Å²) in [6.45, 7) is 22.4. The Morgan fingerprint density at radius 1 is 0.900 bits per heavy atom. The van der Waals surface area contributed by atoms with Crippen LogP contribution in [0.5, 0.6) is 0 Å². The van der Waals surface area contributed by atoms with Gasteiger partial charge >= 0.3 is 68.0 Å². The van der Waals surface area contributed by atoms with Gasteiger partial charge in [0.05, 0.1) is 0 Å². The first kappa shape index (κ1) is 32.3. The first-order valence-corrected chi connectivity index (χ1v) is 15.8. The van der Waals surface area contributed by atoms with Gasteiger partial charge in [0.25, 0.3) is 0 Å². The summed E-state index contributed by atoms with van der Waals surface area (Å²) < 4.78 is 14.2. The van der Waals surface area contributed by atoms with Gasteiger partial charge in [0.2, 0.25) is 0 Å². The quantitative estimate of drug-likeness (QED) is 0.198. The Morgan fingerprint density at radius 2 is 1.50 bits per heavy atom. The molecule has 0 fully saturated rings. The average Bonchev–Trinajstić information content (AvgIpc) is 3.42. The van der Waals surface area contributed by atoms with E-state index in [0.717, 1.165) is 12.0 Å². The first-order valence-electron chi connectivity index (χ1n) is 14.4. The zero-order chi connectivity index (χ0) is 29.8. The molecule has 2 aliphatic rings. The second-order valence-corrected chi connectivity index (χ2v) is 14.1. The van der Waals surface area contributed by atoms with E-state index < -0.39 is 0 Å². The Labute approximate surface area is 258 Å². The van der Waals surface area contributed by atoms with Crippen LogP contribution in [-0.4, -0.2) is 3.71 Å². The summed E-state index contributed by atoms with van der Waals surface area (Å²) in [5.74, 6) is 1.03. The third kappa shape index (κ3) is 8.42. The summed E-state index contributed by atoms with van der Waals surface area (Å²) in [5.41, 5.74) is 12.7. The number of halogens is 1. The molecule has 1 atom stereocenters. The van der Waals surface area contributed by atoms with Crippen molar-refractivity contribution in [3.05, 3.63) is 118 Å². The van der Waals surface area contributed by atoms with Gasteiger partial charge in [-0.2, -0.15) is 41.0 Å². The van der Waals surface area contributed by atoms with Crippen LogP contribution in [0.25, 0.3) is 11.1 Å². The topological polar surface area (TPSA) is 0 Å². The second kappa shape index (κ2) is 13.2. The van der Waals surface area contributed by atoms with E-state index in [1.54, 1.807) is 12.1 Å². The normalized spacial score (nSPS) is 15.7. The van der Waals surface area contributed by atoms with Crippen LogP contribution >= 0.6 is 0 Å². The maximum atomic E-state index is 12.2. The molecule has 0 bridgehead atoms. The van der Waals surface area contributed by atoms with Crippen LogP contribution in [0.3, 0.4) is 0 Å². The molecule has 0 N–H and O–H groups in total. The molecule has 3 aromatic carbocycles. The van der Waals surface area contributed by atoms with Crippen LogP contribution < -0.4 is 0 Å². The summed E-state index contributed by atoms with van der Waals surface area (Å²) in [4.78, 5) is 0. The first-order chi connectivity index (χ1) is 18.6. The SMILES string of the molecule is CC(C)(C)c1c[c-]c2c(c1)-c1cc(C(C)(C)C)ccc1C2.CC1=[C-]C(C)C=C1C(C)C.Fc1ccc([CH]=[Zr+2])cc1. The molecule has 0 saturated heterocycles. The van der Waals surface area contributed by atoms with Crippen LogP contribution in [-0.2, 0) is 41.5 Å². The van der Waals surface area contributed by atoms with Crippen molar-refractivity contribution in [2.24, 2.45) is 11.8 Å². The fourth-order valence-corrected chi connectivity index (χ4v) is 5.50.